The fraction of sp³-hybridized carbons (Fsp3) is 0.286. The van der Waals surface area contributed by atoms with Crippen molar-refractivity contribution in [1.82, 2.24) is 10.2 Å². The molecule has 12 heteroatoms. The lowest BCUT2D eigenvalue weighted by Crippen LogP contribution is -2.51. The number of nitrogens with zero attached hydrogens (tertiary/aromatic N) is 2. The number of benzene rings is 3. The Morgan fingerprint density at radius 1 is 0.975 bits per heavy atom. The number of methoxy groups -OCH3 is 1. The number of carbonyl (C=O) groups excluding carboxylic acids is 2. The van der Waals surface area contributed by atoms with Gasteiger partial charge in [-0.25, -0.2) is 8.42 Å². The Balaban J connectivity index is 2.12. The molecule has 0 heterocycles. The van der Waals surface area contributed by atoms with Crippen molar-refractivity contribution in [3.63, 3.8) is 0 Å². The number of aryl methyl sites for hydroxylation is 1. The van der Waals surface area contributed by atoms with E-state index in [-0.39, 0.29) is 27.9 Å². The van der Waals surface area contributed by atoms with Crippen LogP contribution < -0.4 is 14.4 Å². The van der Waals surface area contributed by atoms with Crippen molar-refractivity contribution >= 4 is 62.3 Å². The zero-order valence-electron chi connectivity index (χ0n) is 22.4. The van der Waals surface area contributed by atoms with E-state index in [1.807, 2.05) is 6.92 Å². The zero-order chi connectivity index (χ0) is 29.6. The van der Waals surface area contributed by atoms with E-state index in [2.05, 4.69) is 5.32 Å². The molecule has 3 aromatic carbocycles. The van der Waals surface area contributed by atoms with Crippen LogP contribution in [0.25, 0.3) is 0 Å². The van der Waals surface area contributed by atoms with Gasteiger partial charge in [-0.1, -0.05) is 58.6 Å². The Bertz CT molecular complexity index is 1480. The summed E-state index contributed by atoms with van der Waals surface area (Å²) in [7, 11) is -2.90. The molecule has 3 aromatic rings. The monoisotopic (exact) mass is 625 g/mol. The van der Waals surface area contributed by atoms with Gasteiger partial charge in [0.2, 0.25) is 11.8 Å². The van der Waals surface area contributed by atoms with Gasteiger partial charge in [0.1, 0.15) is 18.3 Å². The van der Waals surface area contributed by atoms with E-state index in [1.54, 1.807) is 44.2 Å². The van der Waals surface area contributed by atoms with Gasteiger partial charge in [0.15, 0.2) is 0 Å². The maximum Gasteiger partial charge on any atom is 0.264 e. The van der Waals surface area contributed by atoms with E-state index in [4.69, 9.17) is 39.5 Å². The van der Waals surface area contributed by atoms with Crippen molar-refractivity contribution in [2.45, 2.75) is 38.3 Å². The lowest BCUT2D eigenvalue weighted by atomic mass is 10.1. The third-order valence-electron chi connectivity index (χ3n) is 6.17. The first kappa shape index (κ1) is 31.5. The van der Waals surface area contributed by atoms with Gasteiger partial charge in [0.05, 0.1) is 17.7 Å². The third kappa shape index (κ3) is 7.40. The number of hydrogen-bond donors (Lipinski definition) is 1. The average molecular weight is 627 g/mol. The number of nitrogens with one attached hydrogen (secondary N) is 1. The molecule has 0 saturated heterocycles. The number of amides is 2. The number of carbonyl (C=O) groups is 2. The molecular formula is C28H30Cl3N3O5S. The number of rotatable bonds is 11. The smallest absolute Gasteiger partial charge is 0.264 e. The predicted molar refractivity (Wildman–Crippen MR) is 159 cm³/mol. The SMILES string of the molecule is CCNC(=O)[C@H](C)N(Cc1ccc(Cl)cc1Cl)C(=O)CN(c1cc(Cl)ccc1OC)S(=O)(=O)c1ccc(C)cc1. The number of likely N-dealkylation sites (N-methyl/N-ethyl adjacent to an activating group) is 1. The van der Waals surface area contributed by atoms with Gasteiger partial charge in [-0.05, 0) is 68.8 Å². The summed E-state index contributed by atoms with van der Waals surface area (Å²) in [6.07, 6.45) is 0. The predicted octanol–water partition coefficient (Wildman–Crippen LogP) is 5.71. The van der Waals surface area contributed by atoms with Crippen molar-refractivity contribution in [3.05, 3.63) is 86.9 Å². The molecule has 0 fully saturated rings. The molecule has 0 unspecified atom stereocenters. The summed E-state index contributed by atoms with van der Waals surface area (Å²) in [5.41, 5.74) is 1.46. The van der Waals surface area contributed by atoms with Crippen LogP contribution in [0.3, 0.4) is 0 Å². The topological polar surface area (TPSA) is 96.0 Å². The largest absolute Gasteiger partial charge is 0.495 e. The first-order valence-corrected chi connectivity index (χ1v) is 14.9. The van der Waals surface area contributed by atoms with Gasteiger partial charge >= 0.3 is 0 Å². The molecule has 1 atom stereocenters. The highest BCUT2D eigenvalue weighted by atomic mass is 35.5. The standard InChI is InChI=1S/C28H30Cl3N3O5S/c1-5-32-28(36)19(3)33(16-20-8-9-21(29)14-24(20)31)27(35)17-34(25-15-22(30)10-13-26(25)39-4)40(37,38)23-11-6-18(2)7-12-23/h6-15,19H,5,16-17H2,1-4H3,(H,32,36)/t19-/m0/s1. The molecule has 0 spiro atoms. The van der Waals surface area contributed by atoms with Crippen molar-refractivity contribution in [2.75, 3.05) is 24.5 Å². The zero-order valence-corrected chi connectivity index (χ0v) is 25.5. The first-order chi connectivity index (χ1) is 18.9. The summed E-state index contributed by atoms with van der Waals surface area (Å²) in [4.78, 5) is 28.1. The molecule has 0 radical (unpaired) electrons. The Morgan fingerprint density at radius 2 is 1.60 bits per heavy atom. The second-order valence-corrected chi connectivity index (χ2v) is 12.1. The fourth-order valence-corrected chi connectivity index (χ4v) is 6.00. The summed E-state index contributed by atoms with van der Waals surface area (Å²) in [6.45, 7) is 4.78. The Morgan fingerprint density at radius 3 is 2.20 bits per heavy atom. The van der Waals surface area contributed by atoms with Crippen LogP contribution >= 0.6 is 34.8 Å². The molecule has 0 aliphatic rings. The lowest BCUT2D eigenvalue weighted by Gasteiger charge is -2.32. The van der Waals surface area contributed by atoms with Gasteiger partial charge in [0, 0.05) is 28.2 Å². The highest BCUT2D eigenvalue weighted by molar-refractivity contribution is 7.92. The number of anilines is 1. The van der Waals surface area contributed by atoms with Crippen molar-refractivity contribution in [3.8, 4) is 5.75 Å². The molecular weight excluding hydrogens is 597 g/mol. The quantitative estimate of drug-likeness (QED) is 0.294. The molecule has 0 bridgehead atoms. The summed E-state index contributed by atoms with van der Waals surface area (Å²) in [5.74, 6) is -0.867. The van der Waals surface area contributed by atoms with Crippen LogP contribution in [-0.2, 0) is 26.2 Å². The highest BCUT2D eigenvalue weighted by Crippen LogP contribution is 2.35. The van der Waals surface area contributed by atoms with Crippen LogP contribution in [-0.4, -0.2) is 51.4 Å². The average Bonchev–Trinajstić information content (AvgIpc) is 2.91. The fourth-order valence-electron chi connectivity index (χ4n) is 3.95. The normalized spacial score (nSPS) is 12.0. The summed E-state index contributed by atoms with van der Waals surface area (Å²) in [6, 6.07) is 14.6. The Labute approximate surface area is 249 Å². The van der Waals surface area contributed by atoms with E-state index < -0.39 is 34.4 Å². The van der Waals surface area contributed by atoms with Gasteiger partial charge in [-0.2, -0.15) is 0 Å². The van der Waals surface area contributed by atoms with Crippen LogP contribution in [0.4, 0.5) is 5.69 Å². The summed E-state index contributed by atoms with van der Waals surface area (Å²) < 4.78 is 34.3. The van der Waals surface area contributed by atoms with E-state index in [1.165, 1.54) is 42.3 Å². The molecule has 3 rings (SSSR count). The van der Waals surface area contributed by atoms with E-state index in [0.717, 1.165) is 9.87 Å². The second kappa shape index (κ2) is 13.6. The van der Waals surface area contributed by atoms with Gasteiger partial charge in [0.25, 0.3) is 10.0 Å². The van der Waals surface area contributed by atoms with Gasteiger partial charge < -0.3 is 15.0 Å². The Kier molecular flexibility index (Phi) is 10.7. The number of halogens is 3. The Hall–Kier alpha value is -2.98. The molecule has 40 heavy (non-hydrogen) atoms. The minimum atomic E-state index is -4.29. The van der Waals surface area contributed by atoms with Crippen LogP contribution in [0.1, 0.15) is 25.0 Å². The minimum absolute atomic E-state index is 0.0306. The molecule has 1 N–H and O–H groups in total. The summed E-state index contributed by atoms with van der Waals surface area (Å²) >= 11 is 18.7. The molecule has 8 nitrogen and oxygen atoms in total. The van der Waals surface area contributed by atoms with E-state index in [9.17, 15) is 18.0 Å². The minimum Gasteiger partial charge on any atom is -0.495 e. The van der Waals surface area contributed by atoms with Gasteiger partial charge in [-0.3, -0.25) is 13.9 Å². The van der Waals surface area contributed by atoms with Crippen molar-refractivity contribution in [2.24, 2.45) is 0 Å². The van der Waals surface area contributed by atoms with Crippen molar-refractivity contribution in [1.29, 1.82) is 0 Å². The van der Waals surface area contributed by atoms with E-state index in [0.29, 0.717) is 22.2 Å². The maximum absolute atomic E-state index is 14.0. The van der Waals surface area contributed by atoms with Crippen LogP contribution in [0, 0.1) is 6.92 Å². The molecule has 214 valence electrons. The van der Waals surface area contributed by atoms with Crippen molar-refractivity contribution < 1.29 is 22.7 Å². The second-order valence-electron chi connectivity index (χ2n) is 8.97. The number of hydrogen-bond acceptors (Lipinski definition) is 5. The van der Waals surface area contributed by atoms with Gasteiger partial charge in [-0.15, -0.1) is 0 Å². The summed E-state index contributed by atoms with van der Waals surface area (Å²) in [5, 5.41) is 3.66. The van der Waals surface area contributed by atoms with Crippen LogP contribution in [0.15, 0.2) is 65.6 Å². The maximum atomic E-state index is 14.0. The van der Waals surface area contributed by atoms with Crippen LogP contribution in [0.5, 0.6) is 5.75 Å². The molecule has 0 aliphatic carbocycles. The molecule has 0 aliphatic heterocycles. The molecule has 2 amide bonds. The van der Waals surface area contributed by atoms with E-state index >= 15 is 0 Å². The third-order valence-corrected chi connectivity index (χ3v) is 8.77. The number of sulfonamides is 1. The number of ether oxygens (including phenoxy) is 1. The first-order valence-electron chi connectivity index (χ1n) is 12.3. The highest BCUT2D eigenvalue weighted by Gasteiger charge is 2.34. The van der Waals surface area contributed by atoms with Crippen LogP contribution in [0.2, 0.25) is 15.1 Å². The molecule has 0 aromatic heterocycles. The molecule has 0 saturated carbocycles. The lowest BCUT2D eigenvalue weighted by molar-refractivity contribution is -0.139.